The van der Waals surface area contributed by atoms with E-state index in [-0.39, 0.29) is 5.91 Å². The smallest absolute Gasteiger partial charge is 0.246 e. The van der Waals surface area contributed by atoms with E-state index < -0.39 is 10.8 Å². The van der Waals surface area contributed by atoms with Crippen molar-refractivity contribution in [1.82, 2.24) is 14.7 Å². The van der Waals surface area contributed by atoms with Crippen molar-refractivity contribution in [3.05, 3.63) is 84.1 Å². The van der Waals surface area contributed by atoms with E-state index in [4.69, 9.17) is 5.10 Å². The van der Waals surface area contributed by atoms with Gasteiger partial charge in [-0.3, -0.25) is 13.7 Å². The Kier molecular flexibility index (Phi) is 6.00. The summed E-state index contributed by atoms with van der Waals surface area (Å²) in [6, 6.07) is 20.2. The van der Waals surface area contributed by atoms with Crippen LogP contribution in [-0.2, 0) is 22.1 Å². The molecular weight excluding hydrogens is 382 g/mol. The first-order valence-electron chi connectivity index (χ1n) is 9.68. The number of hydrogen-bond acceptors (Lipinski definition) is 3. The third-order valence-electron chi connectivity index (χ3n) is 4.92. The zero-order valence-electron chi connectivity index (χ0n) is 16.1. The van der Waals surface area contributed by atoms with Gasteiger partial charge in [-0.15, -0.1) is 0 Å². The predicted octanol–water partition coefficient (Wildman–Crippen LogP) is 3.20. The van der Waals surface area contributed by atoms with E-state index in [1.807, 2.05) is 65.5 Å². The highest BCUT2D eigenvalue weighted by atomic mass is 32.2. The number of nitrogens with zero attached hydrogens (tertiary/aromatic N) is 3. The Labute approximate surface area is 173 Å². The fraction of sp³-hybridized carbons (Fsp3) is 0.217. The quantitative estimate of drug-likeness (QED) is 0.613. The number of rotatable bonds is 5. The number of aromatic nitrogens is 2. The summed E-state index contributed by atoms with van der Waals surface area (Å²) in [5, 5.41) is 4.78. The fourth-order valence-corrected chi connectivity index (χ4v) is 4.41. The Morgan fingerprint density at radius 2 is 1.66 bits per heavy atom. The molecule has 29 heavy (non-hydrogen) atoms. The van der Waals surface area contributed by atoms with Gasteiger partial charge in [0.2, 0.25) is 5.91 Å². The van der Waals surface area contributed by atoms with Crippen LogP contribution in [0.3, 0.4) is 0 Å². The summed E-state index contributed by atoms with van der Waals surface area (Å²) < 4.78 is 13.4. The van der Waals surface area contributed by atoms with E-state index in [9.17, 15) is 9.00 Å². The minimum Gasteiger partial charge on any atom is -0.337 e. The van der Waals surface area contributed by atoms with Gasteiger partial charge in [0.05, 0.1) is 12.2 Å². The standard InChI is InChI=1S/C23H23N3O2S/c27-22(25-13-15-29(28)16-14-25)12-11-21-18-26(17-19-7-3-1-4-8-19)24-23(21)20-9-5-2-6-10-20/h1-12,18H,13-17H2/b12-11+. The van der Waals surface area contributed by atoms with Crippen LogP contribution in [-0.4, -0.2) is 49.4 Å². The Hall–Kier alpha value is -2.99. The van der Waals surface area contributed by atoms with E-state index in [1.165, 1.54) is 5.56 Å². The van der Waals surface area contributed by atoms with Gasteiger partial charge in [0.15, 0.2) is 0 Å². The van der Waals surface area contributed by atoms with Gasteiger partial charge in [0.25, 0.3) is 0 Å². The second-order valence-corrected chi connectivity index (χ2v) is 8.69. The van der Waals surface area contributed by atoms with Crippen molar-refractivity contribution in [2.75, 3.05) is 24.6 Å². The van der Waals surface area contributed by atoms with E-state index in [0.717, 1.165) is 16.8 Å². The monoisotopic (exact) mass is 405 g/mol. The third kappa shape index (κ3) is 4.90. The lowest BCUT2D eigenvalue weighted by atomic mass is 10.1. The summed E-state index contributed by atoms with van der Waals surface area (Å²) in [6.07, 6.45) is 5.42. The summed E-state index contributed by atoms with van der Waals surface area (Å²) in [5.41, 5.74) is 3.94. The second-order valence-electron chi connectivity index (χ2n) is 6.99. The lowest BCUT2D eigenvalue weighted by Gasteiger charge is -2.24. The maximum Gasteiger partial charge on any atom is 0.246 e. The highest BCUT2D eigenvalue weighted by Gasteiger charge is 2.18. The number of carbonyl (C=O) groups excluding carboxylic acids is 1. The maximum absolute atomic E-state index is 12.5. The largest absolute Gasteiger partial charge is 0.337 e. The van der Waals surface area contributed by atoms with Gasteiger partial charge in [-0.1, -0.05) is 60.7 Å². The van der Waals surface area contributed by atoms with Gasteiger partial charge in [-0.25, -0.2) is 0 Å². The number of carbonyl (C=O) groups is 1. The van der Waals surface area contributed by atoms with E-state index in [0.29, 0.717) is 31.1 Å². The Morgan fingerprint density at radius 1 is 1.00 bits per heavy atom. The van der Waals surface area contributed by atoms with Crippen LogP contribution in [0.15, 0.2) is 72.9 Å². The first-order valence-corrected chi connectivity index (χ1v) is 11.2. The molecule has 4 rings (SSSR count). The van der Waals surface area contributed by atoms with Crippen LogP contribution in [0.25, 0.3) is 17.3 Å². The van der Waals surface area contributed by atoms with Gasteiger partial charge in [-0.05, 0) is 11.6 Å². The minimum absolute atomic E-state index is 0.0449. The minimum atomic E-state index is -0.793. The van der Waals surface area contributed by atoms with Crippen molar-refractivity contribution in [2.45, 2.75) is 6.54 Å². The number of hydrogen-bond donors (Lipinski definition) is 0. The molecule has 2 heterocycles. The maximum atomic E-state index is 12.5. The molecule has 0 spiro atoms. The van der Waals surface area contributed by atoms with Crippen molar-refractivity contribution < 1.29 is 9.00 Å². The molecule has 3 aromatic rings. The molecule has 0 atom stereocenters. The Bertz CT molecular complexity index is 1020. The van der Waals surface area contributed by atoms with Crippen LogP contribution >= 0.6 is 0 Å². The SMILES string of the molecule is O=C(/C=C/c1cn(Cc2ccccc2)nc1-c1ccccc1)N1CCS(=O)CC1. The first kappa shape index (κ1) is 19.3. The van der Waals surface area contributed by atoms with Crippen LogP contribution < -0.4 is 0 Å². The van der Waals surface area contributed by atoms with Crippen molar-refractivity contribution in [3.63, 3.8) is 0 Å². The molecule has 0 bridgehead atoms. The van der Waals surface area contributed by atoms with E-state index in [1.54, 1.807) is 11.0 Å². The van der Waals surface area contributed by atoms with Gasteiger partial charge in [0, 0.05) is 58.8 Å². The second kappa shape index (κ2) is 9.01. The van der Waals surface area contributed by atoms with Crippen LogP contribution in [0.5, 0.6) is 0 Å². The summed E-state index contributed by atoms with van der Waals surface area (Å²) in [5.74, 6) is 1.07. The molecule has 1 aliphatic rings. The van der Waals surface area contributed by atoms with Crippen LogP contribution in [0.1, 0.15) is 11.1 Å². The Balaban J connectivity index is 1.58. The normalized spacial score (nSPS) is 15.1. The summed E-state index contributed by atoms with van der Waals surface area (Å²) in [6.45, 7) is 1.77. The van der Waals surface area contributed by atoms with E-state index >= 15 is 0 Å². The lowest BCUT2D eigenvalue weighted by molar-refractivity contribution is -0.125. The lowest BCUT2D eigenvalue weighted by Crippen LogP contribution is -2.40. The molecule has 1 saturated heterocycles. The molecule has 0 unspecified atom stereocenters. The van der Waals surface area contributed by atoms with Crippen LogP contribution in [0.2, 0.25) is 0 Å². The molecule has 0 saturated carbocycles. The first-order chi connectivity index (χ1) is 14.2. The molecule has 0 N–H and O–H groups in total. The number of amides is 1. The molecule has 148 valence electrons. The molecular formula is C23H23N3O2S. The van der Waals surface area contributed by atoms with E-state index in [2.05, 4.69) is 12.1 Å². The molecule has 0 aliphatic carbocycles. The molecule has 1 fully saturated rings. The average molecular weight is 406 g/mol. The predicted molar refractivity (Wildman–Crippen MR) is 117 cm³/mol. The van der Waals surface area contributed by atoms with Crippen molar-refractivity contribution in [2.24, 2.45) is 0 Å². The molecule has 5 nitrogen and oxygen atoms in total. The fourth-order valence-electron chi connectivity index (χ4n) is 3.36. The van der Waals surface area contributed by atoms with Gasteiger partial charge >= 0.3 is 0 Å². The molecule has 2 aromatic carbocycles. The molecule has 1 aromatic heterocycles. The summed E-state index contributed by atoms with van der Waals surface area (Å²) >= 11 is 0. The molecule has 1 amide bonds. The highest BCUT2D eigenvalue weighted by Crippen LogP contribution is 2.23. The summed E-state index contributed by atoms with van der Waals surface area (Å²) in [7, 11) is -0.793. The van der Waals surface area contributed by atoms with Gasteiger partial charge < -0.3 is 4.90 Å². The van der Waals surface area contributed by atoms with Crippen LogP contribution in [0, 0.1) is 0 Å². The molecule has 1 aliphatic heterocycles. The topological polar surface area (TPSA) is 55.2 Å². The molecule has 0 radical (unpaired) electrons. The Morgan fingerprint density at radius 3 is 2.34 bits per heavy atom. The van der Waals surface area contributed by atoms with Gasteiger partial charge in [-0.2, -0.15) is 5.10 Å². The van der Waals surface area contributed by atoms with Crippen molar-refractivity contribution in [3.8, 4) is 11.3 Å². The summed E-state index contributed by atoms with van der Waals surface area (Å²) in [4.78, 5) is 14.3. The van der Waals surface area contributed by atoms with Crippen molar-refractivity contribution in [1.29, 1.82) is 0 Å². The molecule has 6 heteroatoms. The number of benzene rings is 2. The van der Waals surface area contributed by atoms with Gasteiger partial charge in [0.1, 0.15) is 0 Å². The average Bonchev–Trinajstić information content (AvgIpc) is 3.16. The third-order valence-corrected chi connectivity index (χ3v) is 6.20. The van der Waals surface area contributed by atoms with Crippen molar-refractivity contribution >= 4 is 22.8 Å². The zero-order valence-corrected chi connectivity index (χ0v) is 16.9. The van der Waals surface area contributed by atoms with Crippen LogP contribution in [0.4, 0.5) is 0 Å². The highest BCUT2D eigenvalue weighted by molar-refractivity contribution is 7.85. The zero-order chi connectivity index (χ0) is 20.1.